The zero-order valence-corrected chi connectivity index (χ0v) is 15.2. The van der Waals surface area contributed by atoms with Gasteiger partial charge >= 0.3 is 0 Å². The van der Waals surface area contributed by atoms with Crippen molar-refractivity contribution in [2.75, 3.05) is 28.6 Å². The van der Waals surface area contributed by atoms with Crippen molar-refractivity contribution in [1.82, 2.24) is 4.98 Å². The molecular formula is C21H20N4O3. The molecular weight excluding hydrogens is 356 g/mol. The summed E-state index contributed by atoms with van der Waals surface area (Å²) in [5, 5.41) is 5.50. The molecule has 1 aromatic carbocycles. The van der Waals surface area contributed by atoms with Crippen LogP contribution in [-0.4, -0.2) is 29.9 Å². The Kier molecular flexibility index (Phi) is 5.05. The lowest BCUT2D eigenvalue weighted by Crippen LogP contribution is -2.18. The van der Waals surface area contributed by atoms with Crippen molar-refractivity contribution in [1.29, 1.82) is 0 Å². The summed E-state index contributed by atoms with van der Waals surface area (Å²) in [7, 11) is 0. The molecule has 1 saturated heterocycles. The molecule has 3 aromatic rings. The monoisotopic (exact) mass is 376 g/mol. The normalized spacial score (nSPS) is 13.4. The lowest BCUT2D eigenvalue weighted by Gasteiger charge is -2.17. The van der Waals surface area contributed by atoms with Crippen molar-refractivity contribution >= 4 is 29.0 Å². The molecule has 7 heteroatoms. The summed E-state index contributed by atoms with van der Waals surface area (Å²) in [5.41, 5.74) is 2.12. The zero-order chi connectivity index (χ0) is 19.3. The second-order valence-electron chi connectivity index (χ2n) is 6.56. The Bertz CT molecular complexity index is 944. The van der Waals surface area contributed by atoms with Crippen LogP contribution in [0.2, 0.25) is 0 Å². The maximum Gasteiger partial charge on any atom is 0.291 e. The Hall–Kier alpha value is -3.61. The van der Waals surface area contributed by atoms with Gasteiger partial charge in [0.15, 0.2) is 5.76 Å². The fraction of sp³-hybridized carbons (Fsp3) is 0.190. The quantitative estimate of drug-likeness (QED) is 0.708. The van der Waals surface area contributed by atoms with Gasteiger partial charge in [0, 0.05) is 24.3 Å². The number of pyridine rings is 1. The molecule has 2 N–H and O–H groups in total. The van der Waals surface area contributed by atoms with Gasteiger partial charge in [-0.15, -0.1) is 0 Å². The van der Waals surface area contributed by atoms with Crippen LogP contribution in [0, 0.1) is 0 Å². The van der Waals surface area contributed by atoms with Gasteiger partial charge in [0.1, 0.15) is 5.82 Å². The van der Waals surface area contributed by atoms with Crippen molar-refractivity contribution < 1.29 is 14.0 Å². The number of hydrogen-bond acceptors (Lipinski definition) is 5. The molecule has 0 atom stereocenters. The van der Waals surface area contributed by atoms with Crippen LogP contribution in [0.4, 0.5) is 17.2 Å². The highest BCUT2D eigenvalue weighted by Gasteiger charge is 2.13. The summed E-state index contributed by atoms with van der Waals surface area (Å²) in [6.07, 6.45) is 5.63. The minimum atomic E-state index is -0.343. The molecule has 3 heterocycles. The summed E-state index contributed by atoms with van der Waals surface area (Å²) >= 11 is 0. The largest absolute Gasteiger partial charge is 0.459 e. The molecule has 0 unspecified atom stereocenters. The average Bonchev–Trinajstić information content (AvgIpc) is 3.43. The maximum atomic E-state index is 12.4. The highest BCUT2D eigenvalue weighted by Crippen LogP contribution is 2.20. The molecule has 1 aliphatic heterocycles. The van der Waals surface area contributed by atoms with Crippen LogP contribution in [0.15, 0.2) is 65.4 Å². The molecule has 0 bridgehead atoms. The van der Waals surface area contributed by atoms with Gasteiger partial charge in [-0.3, -0.25) is 9.59 Å². The van der Waals surface area contributed by atoms with E-state index in [1.165, 1.54) is 19.1 Å². The van der Waals surface area contributed by atoms with E-state index in [9.17, 15) is 9.59 Å². The summed E-state index contributed by atoms with van der Waals surface area (Å²) in [4.78, 5) is 31.0. The molecule has 0 aliphatic carbocycles. The highest BCUT2D eigenvalue weighted by atomic mass is 16.3. The van der Waals surface area contributed by atoms with Crippen LogP contribution in [0.3, 0.4) is 0 Å². The van der Waals surface area contributed by atoms with E-state index >= 15 is 0 Å². The van der Waals surface area contributed by atoms with E-state index < -0.39 is 0 Å². The van der Waals surface area contributed by atoms with E-state index in [0.717, 1.165) is 18.8 Å². The van der Waals surface area contributed by atoms with Crippen LogP contribution in [0.25, 0.3) is 0 Å². The third kappa shape index (κ3) is 4.03. The summed E-state index contributed by atoms with van der Waals surface area (Å²) in [6.45, 7) is 2.10. The summed E-state index contributed by atoms with van der Waals surface area (Å²) < 4.78 is 5.05. The lowest BCUT2D eigenvalue weighted by molar-refractivity contribution is 0.0995. The molecule has 2 aromatic heterocycles. The second-order valence-corrected chi connectivity index (χ2v) is 6.56. The van der Waals surface area contributed by atoms with Gasteiger partial charge in [0.2, 0.25) is 0 Å². The number of amides is 2. The number of carbonyl (C=O) groups is 2. The average molecular weight is 376 g/mol. The SMILES string of the molecule is O=C(Nc1ccc(N2CCCC2)cn1)c1ccc(NC(=O)c2ccco2)cc1. The topological polar surface area (TPSA) is 87.5 Å². The van der Waals surface area contributed by atoms with Crippen molar-refractivity contribution in [3.8, 4) is 0 Å². The Morgan fingerprint density at radius 3 is 2.36 bits per heavy atom. The number of hydrogen-bond donors (Lipinski definition) is 2. The van der Waals surface area contributed by atoms with Crippen LogP contribution in [0.1, 0.15) is 33.8 Å². The number of carbonyl (C=O) groups excluding carboxylic acids is 2. The first-order valence-corrected chi connectivity index (χ1v) is 9.16. The predicted octanol–water partition coefficient (Wildman–Crippen LogP) is 3.78. The number of furan rings is 1. The smallest absolute Gasteiger partial charge is 0.291 e. The molecule has 142 valence electrons. The lowest BCUT2D eigenvalue weighted by atomic mass is 10.2. The fourth-order valence-corrected chi connectivity index (χ4v) is 3.12. The Morgan fingerprint density at radius 1 is 0.929 bits per heavy atom. The van der Waals surface area contributed by atoms with Gasteiger partial charge in [-0.1, -0.05) is 0 Å². The maximum absolute atomic E-state index is 12.4. The van der Waals surface area contributed by atoms with Gasteiger partial charge < -0.3 is 20.0 Å². The number of rotatable bonds is 5. The van der Waals surface area contributed by atoms with Gasteiger partial charge in [0.05, 0.1) is 18.1 Å². The van der Waals surface area contributed by atoms with Crippen molar-refractivity contribution in [3.63, 3.8) is 0 Å². The van der Waals surface area contributed by atoms with E-state index in [0.29, 0.717) is 17.1 Å². The molecule has 1 aliphatic rings. The third-order valence-corrected chi connectivity index (χ3v) is 4.61. The van der Waals surface area contributed by atoms with E-state index in [1.54, 1.807) is 42.6 Å². The standard InChI is InChI=1S/C21H20N4O3/c26-20(24-19-10-9-17(14-22-19)25-11-1-2-12-25)15-5-7-16(8-6-15)23-21(27)18-4-3-13-28-18/h3-10,13-14H,1-2,11-12H2,(H,23,27)(H,22,24,26). The second kappa shape index (κ2) is 7.96. The van der Waals surface area contributed by atoms with E-state index in [2.05, 4.69) is 20.5 Å². The minimum Gasteiger partial charge on any atom is -0.459 e. The van der Waals surface area contributed by atoms with Crippen LogP contribution in [-0.2, 0) is 0 Å². The van der Waals surface area contributed by atoms with Crippen molar-refractivity contribution in [2.45, 2.75) is 12.8 Å². The van der Waals surface area contributed by atoms with E-state index in [1.807, 2.05) is 12.1 Å². The number of aromatic nitrogens is 1. The van der Waals surface area contributed by atoms with Gasteiger partial charge in [-0.05, 0) is 61.4 Å². The molecule has 0 saturated carbocycles. The summed E-state index contributed by atoms with van der Waals surface area (Å²) in [5.74, 6) is 0.128. The van der Waals surface area contributed by atoms with Crippen LogP contribution >= 0.6 is 0 Å². The van der Waals surface area contributed by atoms with Crippen LogP contribution in [0.5, 0.6) is 0 Å². The molecule has 4 rings (SSSR count). The Balaban J connectivity index is 1.36. The molecule has 28 heavy (non-hydrogen) atoms. The van der Waals surface area contributed by atoms with Crippen molar-refractivity contribution in [3.05, 3.63) is 72.3 Å². The number of nitrogens with zero attached hydrogens (tertiary/aromatic N) is 2. The molecule has 0 radical (unpaired) electrons. The first-order chi connectivity index (χ1) is 13.7. The minimum absolute atomic E-state index is 0.227. The molecule has 7 nitrogen and oxygen atoms in total. The van der Waals surface area contributed by atoms with Gasteiger partial charge in [-0.2, -0.15) is 0 Å². The zero-order valence-electron chi connectivity index (χ0n) is 15.2. The predicted molar refractivity (Wildman–Crippen MR) is 107 cm³/mol. The third-order valence-electron chi connectivity index (χ3n) is 4.61. The molecule has 0 spiro atoms. The van der Waals surface area contributed by atoms with E-state index in [4.69, 9.17) is 4.42 Å². The van der Waals surface area contributed by atoms with Gasteiger partial charge in [-0.25, -0.2) is 4.98 Å². The Morgan fingerprint density at radius 2 is 1.71 bits per heavy atom. The summed E-state index contributed by atoms with van der Waals surface area (Å²) in [6, 6.07) is 13.6. The number of nitrogens with one attached hydrogen (secondary N) is 2. The highest BCUT2D eigenvalue weighted by molar-refractivity contribution is 6.05. The molecule has 1 fully saturated rings. The van der Waals surface area contributed by atoms with E-state index in [-0.39, 0.29) is 17.6 Å². The first-order valence-electron chi connectivity index (χ1n) is 9.16. The molecule has 2 amide bonds. The Labute approximate surface area is 162 Å². The first kappa shape index (κ1) is 17.8. The number of benzene rings is 1. The van der Waals surface area contributed by atoms with Gasteiger partial charge in [0.25, 0.3) is 11.8 Å². The number of anilines is 3. The fourth-order valence-electron chi connectivity index (χ4n) is 3.12. The van der Waals surface area contributed by atoms with Crippen LogP contribution < -0.4 is 15.5 Å². The van der Waals surface area contributed by atoms with Crippen molar-refractivity contribution in [2.24, 2.45) is 0 Å².